The van der Waals surface area contributed by atoms with Crippen molar-refractivity contribution in [1.29, 1.82) is 0 Å². The predicted molar refractivity (Wildman–Crippen MR) is 62.8 cm³/mol. The van der Waals surface area contributed by atoms with Gasteiger partial charge in [0.25, 0.3) is 0 Å². The topological polar surface area (TPSA) is 44.2 Å². The first kappa shape index (κ1) is 11.8. The smallest absolute Gasteiger partial charge is 0.399 e. The van der Waals surface area contributed by atoms with Gasteiger partial charge in [0.1, 0.15) is 0 Å². The molecule has 1 aliphatic rings. The van der Waals surface area contributed by atoms with E-state index >= 15 is 0 Å². The summed E-state index contributed by atoms with van der Waals surface area (Å²) in [7, 11) is -0.428. The average molecular weight is 240 g/mol. The highest BCUT2D eigenvalue weighted by Gasteiger charge is 2.51. The highest BCUT2D eigenvalue weighted by Crippen LogP contribution is 2.36. The molecule has 0 spiro atoms. The second kappa shape index (κ2) is 3.69. The standard InChI is InChI=1S/C10H14BClN2O2/c1-9(2)10(3,4)16-11(15-9)7-5-13-8(12)14-6-7/h5-6H,1-4H3. The lowest BCUT2D eigenvalue weighted by atomic mass is 9.81. The van der Waals surface area contributed by atoms with Crippen LogP contribution in [0.25, 0.3) is 0 Å². The molecule has 1 aromatic rings. The Bertz CT molecular complexity index is 378. The van der Waals surface area contributed by atoms with Crippen molar-refractivity contribution in [1.82, 2.24) is 9.97 Å². The molecule has 0 atom stereocenters. The third kappa shape index (κ3) is 1.95. The van der Waals surface area contributed by atoms with E-state index in [9.17, 15) is 0 Å². The quantitative estimate of drug-likeness (QED) is 0.550. The van der Waals surface area contributed by atoms with Gasteiger partial charge in [0, 0.05) is 17.9 Å². The Hall–Kier alpha value is -0.645. The van der Waals surface area contributed by atoms with Crippen LogP contribution >= 0.6 is 11.6 Å². The second-order valence-electron chi connectivity index (χ2n) is 4.87. The number of aromatic nitrogens is 2. The monoisotopic (exact) mass is 240 g/mol. The minimum Gasteiger partial charge on any atom is -0.399 e. The van der Waals surface area contributed by atoms with Gasteiger partial charge in [-0.15, -0.1) is 0 Å². The minimum absolute atomic E-state index is 0.222. The number of rotatable bonds is 1. The normalized spacial score (nSPS) is 22.4. The Morgan fingerprint density at radius 3 is 1.94 bits per heavy atom. The summed E-state index contributed by atoms with van der Waals surface area (Å²) in [5, 5.41) is 0.222. The van der Waals surface area contributed by atoms with Gasteiger partial charge < -0.3 is 9.31 Å². The zero-order valence-corrected chi connectivity index (χ0v) is 10.6. The molecular weight excluding hydrogens is 226 g/mol. The van der Waals surface area contributed by atoms with Crippen LogP contribution in [-0.4, -0.2) is 28.3 Å². The summed E-state index contributed by atoms with van der Waals surface area (Å²) in [6.45, 7) is 8.01. The van der Waals surface area contributed by atoms with Crippen LogP contribution in [0.2, 0.25) is 5.28 Å². The fraction of sp³-hybridized carbons (Fsp3) is 0.600. The van der Waals surface area contributed by atoms with Crippen molar-refractivity contribution in [3.05, 3.63) is 17.7 Å². The Kier molecular flexibility index (Phi) is 2.73. The lowest BCUT2D eigenvalue weighted by molar-refractivity contribution is 0.00578. The molecule has 0 unspecified atom stereocenters. The van der Waals surface area contributed by atoms with Gasteiger partial charge in [0.15, 0.2) is 0 Å². The SMILES string of the molecule is CC1(C)OB(c2cnc(Cl)nc2)OC1(C)C. The Morgan fingerprint density at radius 1 is 1.06 bits per heavy atom. The molecule has 0 bridgehead atoms. The molecular formula is C10H14BClN2O2. The van der Waals surface area contributed by atoms with Crippen molar-refractivity contribution in [3.8, 4) is 0 Å². The van der Waals surface area contributed by atoms with Crippen molar-refractivity contribution in [2.24, 2.45) is 0 Å². The molecule has 4 nitrogen and oxygen atoms in total. The summed E-state index contributed by atoms with van der Waals surface area (Å²) in [4.78, 5) is 7.83. The van der Waals surface area contributed by atoms with Crippen LogP contribution < -0.4 is 5.46 Å². The number of nitrogens with zero attached hydrogens (tertiary/aromatic N) is 2. The molecule has 2 rings (SSSR count). The molecule has 0 aromatic carbocycles. The van der Waals surface area contributed by atoms with E-state index < -0.39 is 7.12 Å². The van der Waals surface area contributed by atoms with Crippen molar-refractivity contribution >= 4 is 24.2 Å². The average Bonchev–Trinajstić information content (AvgIpc) is 2.37. The fourth-order valence-electron chi connectivity index (χ4n) is 1.42. The Labute approximate surface area is 100 Å². The zero-order valence-electron chi connectivity index (χ0n) is 9.82. The van der Waals surface area contributed by atoms with E-state index in [1.807, 2.05) is 27.7 Å². The van der Waals surface area contributed by atoms with E-state index in [1.54, 1.807) is 12.4 Å². The fourth-order valence-corrected chi connectivity index (χ4v) is 1.52. The molecule has 0 amide bonds. The molecule has 2 heterocycles. The van der Waals surface area contributed by atoms with Crippen LogP contribution in [0.5, 0.6) is 0 Å². The lowest BCUT2D eigenvalue weighted by Crippen LogP contribution is -2.41. The maximum atomic E-state index is 5.84. The van der Waals surface area contributed by atoms with E-state index in [4.69, 9.17) is 20.9 Å². The molecule has 0 aliphatic carbocycles. The zero-order chi connectivity index (χ0) is 12.0. The highest BCUT2D eigenvalue weighted by molar-refractivity contribution is 6.61. The molecule has 16 heavy (non-hydrogen) atoms. The van der Waals surface area contributed by atoms with Crippen LogP contribution in [0.1, 0.15) is 27.7 Å². The van der Waals surface area contributed by atoms with Gasteiger partial charge >= 0.3 is 7.12 Å². The van der Waals surface area contributed by atoms with Gasteiger partial charge in [-0.1, -0.05) is 0 Å². The van der Waals surface area contributed by atoms with Crippen molar-refractivity contribution in [3.63, 3.8) is 0 Å². The Morgan fingerprint density at radius 2 is 1.50 bits per heavy atom. The molecule has 1 saturated heterocycles. The third-order valence-electron chi connectivity index (χ3n) is 3.17. The maximum Gasteiger partial charge on any atom is 0.498 e. The van der Waals surface area contributed by atoms with Crippen molar-refractivity contribution < 1.29 is 9.31 Å². The molecule has 1 fully saturated rings. The number of hydrogen-bond donors (Lipinski definition) is 0. The first-order valence-electron chi connectivity index (χ1n) is 5.15. The van der Waals surface area contributed by atoms with E-state index in [-0.39, 0.29) is 16.5 Å². The largest absolute Gasteiger partial charge is 0.498 e. The van der Waals surface area contributed by atoms with Crippen LogP contribution in [0.4, 0.5) is 0 Å². The summed E-state index contributed by atoms with van der Waals surface area (Å²) < 4.78 is 11.7. The molecule has 6 heteroatoms. The van der Waals surface area contributed by atoms with Crippen molar-refractivity contribution in [2.45, 2.75) is 38.9 Å². The van der Waals surface area contributed by atoms with E-state index in [1.165, 1.54) is 0 Å². The predicted octanol–water partition coefficient (Wildman–Crippen LogP) is 1.43. The minimum atomic E-state index is -0.428. The molecule has 86 valence electrons. The Balaban J connectivity index is 2.23. The maximum absolute atomic E-state index is 5.84. The first-order valence-corrected chi connectivity index (χ1v) is 5.53. The van der Waals surface area contributed by atoms with Gasteiger partial charge in [-0.2, -0.15) is 0 Å². The van der Waals surface area contributed by atoms with Gasteiger partial charge in [-0.3, -0.25) is 0 Å². The van der Waals surface area contributed by atoms with E-state index in [0.717, 1.165) is 5.46 Å². The lowest BCUT2D eigenvalue weighted by Gasteiger charge is -2.32. The van der Waals surface area contributed by atoms with Crippen LogP contribution in [0.15, 0.2) is 12.4 Å². The number of halogens is 1. The third-order valence-corrected chi connectivity index (χ3v) is 3.36. The van der Waals surface area contributed by atoms with Crippen LogP contribution in [-0.2, 0) is 9.31 Å². The first-order chi connectivity index (χ1) is 7.32. The second-order valence-corrected chi connectivity index (χ2v) is 5.21. The molecule has 0 radical (unpaired) electrons. The molecule has 1 aliphatic heterocycles. The van der Waals surface area contributed by atoms with Gasteiger partial charge in [0.2, 0.25) is 5.28 Å². The summed E-state index contributed by atoms with van der Waals surface area (Å²) in [6, 6.07) is 0. The summed E-state index contributed by atoms with van der Waals surface area (Å²) >= 11 is 5.63. The van der Waals surface area contributed by atoms with Gasteiger partial charge in [-0.25, -0.2) is 9.97 Å². The van der Waals surface area contributed by atoms with Crippen LogP contribution in [0.3, 0.4) is 0 Å². The van der Waals surface area contributed by atoms with Crippen LogP contribution in [0, 0.1) is 0 Å². The summed E-state index contributed by atoms with van der Waals surface area (Å²) in [6.07, 6.45) is 3.24. The van der Waals surface area contributed by atoms with Gasteiger partial charge in [0.05, 0.1) is 11.2 Å². The van der Waals surface area contributed by atoms with E-state index in [2.05, 4.69) is 9.97 Å². The van der Waals surface area contributed by atoms with Gasteiger partial charge in [-0.05, 0) is 39.3 Å². The molecule has 1 aromatic heterocycles. The molecule has 0 saturated carbocycles. The van der Waals surface area contributed by atoms with E-state index in [0.29, 0.717) is 0 Å². The summed E-state index contributed by atoms with van der Waals surface area (Å²) in [5.74, 6) is 0. The molecule has 0 N–H and O–H groups in total. The highest BCUT2D eigenvalue weighted by atomic mass is 35.5. The summed E-state index contributed by atoms with van der Waals surface area (Å²) in [5.41, 5.74) is 0.0808. The number of hydrogen-bond acceptors (Lipinski definition) is 4. The van der Waals surface area contributed by atoms with Crippen molar-refractivity contribution in [2.75, 3.05) is 0 Å².